The fourth-order valence-corrected chi connectivity index (χ4v) is 2.63. The van der Waals surface area contributed by atoms with Gasteiger partial charge in [0.05, 0.1) is 10.2 Å². The molecule has 1 nitrogen and oxygen atoms in total. The molecule has 12 heavy (non-hydrogen) atoms. The van der Waals surface area contributed by atoms with Gasteiger partial charge in [0.25, 0.3) is 0 Å². The van der Waals surface area contributed by atoms with E-state index in [1.807, 2.05) is 18.2 Å². The zero-order valence-corrected chi connectivity index (χ0v) is 7.99. The Bertz CT molecular complexity index is 373. The molecule has 0 aliphatic carbocycles. The summed E-state index contributed by atoms with van der Waals surface area (Å²) in [6.45, 7) is 3.66. The van der Waals surface area contributed by atoms with E-state index in [4.69, 9.17) is 0 Å². The second-order valence-corrected chi connectivity index (χ2v) is 4.48. The van der Waals surface area contributed by atoms with Crippen molar-refractivity contribution in [2.75, 3.05) is 0 Å². The van der Waals surface area contributed by atoms with Gasteiger partial charge in [-0.1, -0.05) is 30.5 Å². The number of aromatic nitrogens is 1. The first kappa shape index (κ1) is 7.83. The Morgan fingerprint density at radius 2 is 2.25 bits per heavy atom. The minimum atomic E-state index is 1.06. The van der Waals surface area contributed by atoms with E-state index in [0.717, 1.165) is 9.86 Å². The van der Waals surface area contributed by atoms with Gasteiger partial charge in [0.15, 0.2) is 4.34 Å². The van der Waals surface area contributed by atoms with Crippen LogP contribution < -0.4 is 0 Å². The highest BCUT2D eigenvalue weighted by atomic mass is 32.2. The molecule has 0 atom stereocenters. The Morgan fingerprint density at radius 3 is 3.00 bits per heavy atom. The van der Waals surface area contributed by atoms with E-state index in [9.17, 15) is 0 Å². The first-order chi connectivity index (χ1) is 5.90. The molecule has 0 saturated carbocycles. The molecule has 0 N–H and O–H groups in total. The molecular weight excluding hydrogens is 186 g/mol. The van der Waals surface area contributed by atoms with E-state index in [1.165, 1.54) is 4.70 Å². The van der Waals surface area contributed by atoms with Crippen LogP contribution in [0.4, 0.5) is 0 Å². The summed E-state index contributed by atoms with van der Waals surface area (Å²) in [6.07, 6.45) is 0. The molecule has 0 unspecified atom stereocenters. The van der Waals surface area contributed by atoms with Crippen LogP contribution in [-0.4, -0.2) is 4.98 Å². The number of fused-ring (bicyclic) bond motifs is 1. The predicted molar refractivity (Wildman–Crippen MR) is 55.7 cm³/mol. The lowest BCUT2D eigenvalue weighted by molar-refractivity contribution is 1.31. The van der Waals surface area contributed by atoms with Crippen LogP contribution in [0.3, 0.4) is 0 Å². The molecular formula is C9H7NS2. The topological polar surface area (TPSA) is 12.9 Å². The van der Waals surface area contributed by atoms with Crippen molar-refractivity contribution >= 4 is 33.3 Å². The Hall–Kier alpha value is -0.800. The lowest BCUT2D eigenvalue weighted by Crippen LogP contribution is -1.64. The van der Waals surface area contributed by atoms with E-state index < -0.39 is 0 Å². The molecule has 3 heteroatoms. The van der Waals surface area contributed by atoms with E-state index in [-0.39, 0.29) is 0 Å². The van der Waals surface area contributed by atoms with Crippen molar-refractivity contribution in [1.82, 2.24) is 4.98 Å². The lowest BCUT2D eigenvalue weighted by atomic mass is 10.3. The van der Waals surface area contributed by atoms with Gasteiger partial charge in [0.1, 0.15) is 0 Å². The van der Waals surface area contributed by atoms with E-state index in [2.05, 4.69) is 17.6 Å². The summed E-state index contributed by atoms with van der Waals surface area (Å²) in [5, 5.41) is 1.80. The number of rotatable bonds is 2. The number of thiazole rings is 1. The Morgan fingerprint density at radius 1 is 1.42 bits per heavy atom. The second kappa shape index (κ2) is 3.29. The molecule has 1 heterocycles. The SMILES string of the molecule is C=CSc1nc2ccccc2s1. The maximum absolute atomic E-state index is 4.41. The fourth-order valence-electron chi connectivity index (χ4n) is 0.973. The maximum atomic E-state index is 4.41. The van der Waals surface area contributed by atoms with Crippen molar-refractivity contribution in [3.8, 4) is 0 Å². The monoisotopic (exact) mass is 193 g/mol. The van der Waals surface area contributed by atoms with Crippen molar-refractivity contribution in [2.24, 2.45) is 0 Å². The van der Waals surface area contributed by atoms with Gasteiger partial charge in [0, 0.05) is 0 Å². The Labute approximate surface area is 79.1 Å². The van der Waals surface area contributed by atoms with Gasteiger partial charge < -0.3 is 0 Å². The summed E-state index contributed by atoms with van der Waals surface area (Å²) < 4.78 is 2.30. The third-order valence-electron chi connectivity index (χ3n) is 1.46. The summed E-state index contributed by atoms with van der Waals surface area (Å²) in [5.41, 5.74) is 1.08. The molecule has 0 bridgehead atoms. The summed E-state index contributed by atoms with van der Waals surface area (Å²) in [4.78, 5) is 4.41. The van der Waals surface area contributed by atoms with E-state index in [1.54, 1.807) is 28.5 Å². The molecule has 0 amide bonds. The van der Waals surface area contributed by atoms with Gasteiger partial charge in [-0.2, -0.15) is 0 Å². The van der Waals surface area contributed by atoms with Crippen LogP contribution in [0.5, 0.6) is 0 Å². The third kappa shape index (κ3) is 1.38. The van der Waals surface area contributed by atoms with Gasteiger partial charge in [-0.15, -0.1) is 11.3 Å². The van der Waals surface area contributed by atoms with Crippen LogP contribution in [0.25, 0.3) is 10.2 Å². The minimum absolute atomic E-state index is 1.06. The van der Waals surface area contributed by atoms with Gasteiger partial charge in [0.2, 0.25) is 0 Å². The van der Waals surface area contributed by atoms with E-state index in [0.29, 0.717) is 0 Å². The standard InChI is InChI=1S/C9H7NS2/c1-2-11-9-10-7-5-3-4-6-8(7)12-9/h2-6H,1H2. The molecule has 0 aliphatic rings. The third-order valence-corrected chi connectivity index (χ3v) is 3.29. The van der Waals surface area contributed by atoms with Crippen LogP contribution >= 0.6 is 23.1 Å². The highest BCUT2D eigenvalue weighted by Gasteiger charge is 2.00. The van der Waals surface area contributed by atoms with Gasteiger partial charge >= 0.3 is 0 Å². The molecule has 1 aromatic heterocycles. The van der Waals surface area contributed by atoms with Crippen molar-refractivity contribution < 1.29 is 0 Å². The van der Waals surface area contributed by atoms with Gasteiger partial charge in [-0.05, 0) is 17.5 Å². The van der Waals surface area contributed by atoms with Crippen molar-refractivity contribution in [1.29, 1.82) is 0 Å². The average molecular weight is 193 g/mol. The number of hydrogen-bond donors (Lipinski definition) is 0. The van der Waals surface area contributed by atoms with Gasteiger partial charge in [-0.25, -0.2) is 4.98 Å². The number of nitrogens with zero attached hydrogens (tertiary/aromatic N) is 1. The number of benzene rings is 1. The van der Waals surface area contributed by atoms with Crippen LogP contribution in [0.1, 0.15) is 0 Å². The highest BCUT2D eigenvalue weighted by molar-refractivity contribution is 8.03. The molecule has 0 spiro atoms. The number of para-hydroxylation sites is 1. The number of hydrogen-bond acceptors (Lipinski definition) is 3. The van der Waals surface area contributed by atoms with Crippen LogP contribution in [0.2, 0.25) is 0 Å². The first-order valence-electron chi connectivity index (χ1n) is 3.53. The van der Waals surface area contributed by atoms with Crippen molar-refractivity contribution in [3.05, 3.63) is 36.3 Å². The normalized spacial score (nSPS) is 10.3. The summed E-state index contributed by atoms with van der Waals surface area (Å²) in [6, 6.07) is 8.15. The molecule has 2 rings (SSSR count). The smallest absolute Gasteiger partial charge is 0.155 e. The Balaban J connectivity index is 2.54. The summed E-state index contributed by atoms with van der Waals surface area (Å²) >= 11 is 3.27. The fraction of sp³-hybridized carbons (Fsp3) is 0. The summed E-state index contributed by atoms with van der Waals surface area (Å²) in [7, 11) is 0. The van der Waals surface area contributed by atoms with Crippen LogP contribution in [-0.2, 0) is 0 Å². The minimum Gasteiger partial charge on any atom is -0.229 e. The van der Waals surface area contributed by atoms with Crippen LogP contribution in [0, 0.1) is 0 Å². The van der Waals surface area contributed by atoms with Crippen molar-refractivity contribution in [2.45, 2.75) is 4.34 Å². The second-order valence-electron chi connectivity index (χ2n) is 2.23. The van der Waals surface area contributed by atoms with Gasteiger partial charge in [-0.3, -0.25) is 0 Å². The Kier molecular flexibility index (Phi) is 2.15. The maximum Gasteiger partial charge on any atom is 0.155 e. The predicted octanol–water partition coefficient (Wildman–Crippen LogP) is 3.53. The first-order valence-corrected chi connectivity index (χ1v) is 5.23. The molecule has 60 valence electrons. The zero-order chi connectivity index (χ0) is 8.39. The van der Waals surface area contributed by atoms with E-state index >= 15 is 0 Å². The molecule has 0 fully saturated rings. The molecule has 0 aliphatic heterocycles. The zero-order valence-electron chi connectivity index (χ0n) is 6.36. The average Bonchev–Trinajstić information content (AvgIpc) is 2.47. The number of thioether (sulfide) groups is 1. The molecule has 0 radical (unpaired) electrons. The largest absolute Gasteiger partial charge is 0.229 e. The lowest BCUT2D eigenvalue weighted by Gasteiger charge is -1.81. The van der Waals surface area contributed by atoms with Crippen molar-refractivity contribution in [3.63, 3.8) is 0 Å². The van der Waals surface area contributed by atoms with Crippen LogP contribution in [0.15, 0.2) is 40.6 Å². The summed E-state index contributed by atoms with van der Waals surface area (Å²) in [5.74, 6) is 0. The molecule has 0 saturated heterocycles. The molecule has 1 aromatic carbocycles. The highest BCUT2D eigenvalue weighted by Crippen LogP contribution is 2.29. The quantitative estimate of drug-likeness (QED) is 0.677. The molecule has 2 aromatic rings.